The minimum absolute atomic E-state index is 0.0142. The Balaban J connectivity index is 2.08. The molecule has 1 unspecified atom stereocenters. The van der Waals surface area contributed by atoms with Gasteiger partial charge in [-0.2, -0.15) is 0 Å². The van der Waals surface area contributed by atoms with E-state index in [4.69, 9.17) is 0 Å². The number of amides is 1. The molecule has 3 rings (SSSR count). The molecule has 3 aromatic rings. The summed E-state index contributed by atoms with van der Waals surface area (Å²) in [4.78, 5) is 43.0. The van der Waals surface area contributed by atoms with Crippen molar-refractivity contribution >= 4 is 17.1 Å². The highest BCUT2D eigenvalue weighted by molar-refractivity contribution is 5.77. The summed E-state index contributed by atoms with van der Waals surface area (Å²) in [5.41, 5.74) is 0.547. The number of carbonyl (C=O) groups excluding carboxylic acids is 1. The maximum atomic E-state index is 13.1. The maximum absolute atomic E-state index is 13.1. The van der Waals surface area contributed by atoms with E-state index in [1.807, 2.05) is 51.1 Å². The number of aromatic nitrogens is 4. The molecular weight excluding hydrogens is 370 g/mol. The molecule has 0 saturated carbocycles. The predicted molar refractivity (Wildman–Crippen MR) is 112 cm³/mol. The lowest BCUT2D eigenvalue weighted by atomic mass is 10.2. The van der Waals surface area contributed by atoms with Crippen LogP contribution in [-0.4, -0.2) is 30.6 Å². The number of imidazole rings is 1. The Morgan fingerprint density at radius 2 is 1.86 bits per heavy atom. The first kappa shape index (κ1) is 20.6. The summed E-state index contributed by atoms with van der Waals surface area (Å²) in [6, 6.07) is 9.48. The van der Waals surface area contributed by atoms with Gasteiger partial charge in [0.1, 0.15) is 6.54 Å². The number of aryl methyl sites for hydroxylation is 1. The van der Waals surface area contributed by atoms with Gasteiger partial charge < -0.3 is 9.88 Å². The van der Waals surface area contributed by atoms with E-state index in [0.29, 0.717) is 17.7 Å². The number of nitrogens with one attached hydrogen (secondary N) is 1. The second kappa shape index (κ2) is 8.89. The quantitative estimate of drug-likeness (QED) is 0.627. The van der Waals surface area contributed by atoms with E-state index in [0.717, 1.165) is 23.0 Å². The molecular formula is C21H27N5O3. The molecule has 1 aromatic carbocycles. The molecule has 2 aromatic heterocycles. The molecule has 2 heterocycles. The van der Waals surface area contributed by atoms with E-state index in [1.54, 1.807) is 10.9 Å². The summed E-state index contributed by atoms with van der Waals surface area (Å²) in [7, 11) is 0. The van der Waals surface area contributed by atoms with Gasteiger partial charge in [-0.3, -0.25) is 14.2 Å². The second-order valence-electron chi connectivity index (χ2n) is 7.21. The zero-order valence-electron chi connectivity index (χ0n) is 17.1. The van der Waals surface area contributed by atoms with Crippen molar-refractivity contribution in [3.05, 3.63) is 63.1 Å². The smallest absolute Gasteiger partial charge is 0.333 e. The standard InChI is InChI=1S/C21H27N5O3/c1-4-9-15(3)23-17(27)13-26-20(28)18-19(22-14-24(18)5-2)25(21(26)29)12-16-10-7-6-8-11-16/h6-8,10-11,14-15H,4-5,9,12-13H2,1-3H3,(H,23,27). The third-order valence-electron chi connectivity index (χ3n) is 4.94. The van der Waals surface area contributed by atoms with Crippen LogP contribution in [0.25, 0.3) is 11.2 Å². The molecule has 0 aliphatic rings. The Morgan fingerprint density at radius 1 is 1.14 bits per heavy atom. The number of carbonyl (C=O) groups is 1. The lowest BCUT2D eigenvalue weighted by Crippen LogP contribution is -2.45. The first-order valence-corrected chi connectivity index (χ1v) is 9.98. The Hall–Kier alpha value is -3.16. The molecule has 1 amide bonds. The van der Waals surface area contributed by atoms with Gasteiger partial charge in [-0.05, 0) is 25.8 Å². The Morgan fingerprint density at radius 3 is 2.52 bits per heavy atom. The summed E-state index contributed by atoms with van der Waals surface area (Å²) in [6.07, 6.45) is 3.33. The van der Waals surface area contributed by atoms with E-state index < -0.39 is 11.2 Å². The lowest BCUT2D eigenvalue weighted by Gasteiger charge is -2.15. The molecule has 0 saturated heterocycles. The molecule has 0 fully saturated rings. The zero-order chi connectivity index (χ0) is 21.0. The summed E-state index contributed by atoms with van der Waals surface area (Å²) >= 11 is 0. The van der Waals surface area contributed by atoms with Crippen molar-refractivity contribution in [2.24, 2.45) is 0 Å². The normalized spacial score (nSPS) is 12.2. The van der Waals surface area contributed by atoms with E-state index in [1.165, 1.54) is 4.57 Å². The van der Waals surface area contributed by atoms with Crippen LogP contribution in [0.15, 0.2) is 46.2 Å². The summed E-state index contributed by atoms with van der Waals surface area (Å²) in [5.74, 6) is -0.349. The van der Waals surface area contributed by atoms with Crippen LogP contribution < -0.4 is 16.6 Å². The maximum Gasteiger partial charge on any atom is 0.333 e. The van der Waals surface area contributed by atoms with Gasteiger partial charge in [0.25, 0.3) is 5.56 Å². The van der Waals surface area contributed by atoms with Gasteiger partial charge in [0.2, 0.25) is 5.91 Å². The van der Waals surface area contributed by atoms with Crippen molar-refractivity contribution in [1.82, 2.24) is 24.0 Å². The van der Waals surface area contributed by atoms with Gasteiger partial charge in [-0.1, -0.05) is 43.7 Å². The monoisotopic (exact) mass is 397 g/mol. The summed E-state index contributed by atoms with van der Waals surface area (Å²) < 4.78 is 4.17. The van der Waals surface area contributed by atoms with Crippen molar-refractivity contribution in [2.45, 2.75) is 59.3 Å². The highest BCUT2D eigenvalue weighted by Gasteiger charge is 2.20. The van der Waals surface area contributed by atoms with Crippen LogP contribution in [-0.2, 0) is 24.4 Å². The molecule has 0 aliphatic heterocycles. The van der Waals surface area contributed by atoms with Crippen molar-refractivity contribution in [1.29, 1.82) is 0 Å². The van der Waals surface area contributed by atoms with Crippen LogP contribution in [0, 0.1) is 0 Å². The van der Waals surface area contributed by atoms with Crippen LogP contribution in [0.3, 0.4) is 0 Å². The van der Waals surface area contributed by atoms with Gasteiger partial charge in [-0.15, -0.1) is 0 Å². The highest BCUT2D eigenvalue weighted by atomic mass is 16.2. The van der Waals surface area contributed by atoms with Crippen LogP contribution in [0.2, 0.25) is 0 Å². The zero-order valence-corrected chi connectivity index (χ0v) is 17.1. The summed E-state index contributed by atoms with van der Waals surface area (Å²) in [6.45, 7) is 6.34. The molecule has 1 atom stereocenters. The first-order chi connectivity index (χ1) is 14.0. The van der Waals surface area contributed by atoms with E-state index in [-0.39, 0.29) is 25.0 Å². The highest BCUT2D eigenvalue weighted by Crippen LogP contribution is 2.09. The molecule has 29 heavy (non-hydrogen) atoms. The lowest BCUT2D eigenvalue weighted by molar-refractivity contribution is -0.122. The predicted octanol–water partition coefficient (Wildman–Crippen LogP) is 1.73. The van der Waals surface area contributed by atoms with Crippen LogP contribution in [0.5, 0.6) is 0 Å². The van der Waals surface area contributed by atoms with Gasteiger partial charge >= 0.3 is 5.69 Å². The Bertz CT molecular complexity index is 1110. The minimum atomic E-state index is -0.536. The molecule has 8 nitrogen and oxygen atoms in total. The fraction of sp³-hybridized carbons (Fsp3) is 0.429. The van der Waals surface area contributed by atoms with Crippen LogP contribution in [0.4, 0.5) is 0 Å². The molecule has 0 radical (unpaired) electrons. The fourth-order valence-corrected chi connectivity index (χ4v) is 3.50. The number of hydrogen-bond donors (Lipinski definition) is 1. The molecule has 8 heteroatoms. The van der Waals surface area contributed by atoms with Gasteiger partial charge in [0.05, 0.1) is 12.9 Å². The Labute approximate surface area is 168 Å². The Kier molecular flexibility index (Phi) is 6.31. The topological polar surface area (TPSA) is 90.9 Å². The van der Waals surface area contributed by atoms with E-state index in [2.05, 4.69) is 10.3 Å². The van der Waals surface area contributed by atoms with Crippen molar-refractivity contribution < 1.29 is 4.79 Å². The van der Waals surface area contributed by atoms with Crippen LogP contribution >= 0.6 is 0 Å². The van der Waals surface area contributed by atoms with E-state index in [9.17, 15) is 14.4 Å². The van der Waals surface area contributed by atoms with Crippen molar-refractivity contribution in [3.8, 4) is 0 Å². The average molecular weight is 397 g/mol. The number of rotatable bonds is 8. The molecule has 0 spiro atoms. The summed E-state index contributed by atoms with van der Waals surface area (Å²) in [5, 5.41) is 2.85. The van der Waals surface area contributed by atoms with Gasteiger partial charge in [-0.25, -0.2) is 14.3 Å². The first-order valence-electron chi connectivity index (χ1n) is 9.98. The number of nitrogens with zero attached hydrogens (tertiary/aromatic N) is 4. The molecule has 0 aliphatic carbocycles. The van der Waals surface area contributed by atoms with Crippen molar-refractivity contribution in [3.63, 3.8) is 0 Å². The van der Waals surface area contributed by atoms with Crippen molar-refractivity contribution in [2.75, 3.05) is 0 Å². The molecule has 0 bridgehead atoms. The number of benzene rings is 1. The largest absolute Gasteiger partial charge is 0.352 e. The SMILES string of the molecule is CCCC(C)NC(=O)Cn1c(=O)c2c(ncn2CC)n(Cc2ccccc2)c1=O. The van der Waals surface area contributed by atoms with Crippen LogP contribution in [0.1, 0.15) is 39.2 Å². The molecule has 1 N–H and O–H groups in total. The van der Waals surface area contributed by atoms with Gasteiger partial charge in [0.15, 0.2) is 11.2 Å². The van der Waals surface area contributed by atoms with E-state index >= 15 is 0 Å². The third-order valence-corrected chi connectivity index (χ3v) is 4.94. The fourth-order valence-electron chi connectivity index (χ4n) is 3.50. The minimum Gasteiger partial charge on any atom is -0.352 e. The second-order valence-corrected chi connectivity index (χ2v) is 7.21. The van der Waals surface area contributed by atoms with Gasteiger partial charge in [0, 0.05) is 12.6 Å². The molecule has 154 valence electrons. The number of fused-ring (bicyclic) bond motifs is 1. The third kappa shape index (κ3) is 4.31. The average Bonchev–Trinajstić information content (AvgIpc) is 3.13. The number of hydrogen-bond acceptors (Lipinski definition) is 4.